The van der Waals surface area contributed by atoms with E-state index in [9.17, 15) is 4.79 Å². The van der Waals surface area contributed by atoms with Gasteiger partial charge in [0.05, 0.1) is 6.17 Å². The van der Waals surface area contributed by atoms with Crippen LogP contribution in [0.3, 0.4) is 0 Å². The number of carbonyl (C=O) groups is 1. The van der Waals surface area contributed by atoms with Crippen LogP contribution in [0.5, 0.6) is 0 Å². The predicted molar refractivity (Wildman–Crippen MR) is 70.6 cm³/mol. The highest BCUT2D eigenvalue weighted by Crippen LogP contribution is 2.13. The maximum absolute atomic E-state index is 12.0. The number of nitrogens with zero attached hydrogens (tertiary/aromatic N) is 1. The van der Waals surface area contributed by atoms with Crippen LogP contribution in [-0.2, 0) is 4.74 Å². The van der Waals surface area contributed by atoms with Crippen molar-refractivity contribution >= 4 is 6.09 Å². The van der Waals surface area contributed by atoms with Crippen LogP contribution >= 0.6 is 0 Å². The van der Waals surface area contributed by atoms with Crippen LogP contribution in [-0.4, -0.2) is 29.3 Å². The Balaban J connectivity index is 4.60. The minimum Gasteiger partial charge on any atom is -0.444 e. The number of hydrogen-bond acceptors (Lipinski definition) is 3. The molecule has 0 spiro atoms. The Morgan fingerprint density at radius 1 is 1.47 bits per heavy atom. The van der Waals surface area contributed by atoms with Gasteiger partial charge in [-0.15, -0.1) is 6.58 Å². The molecular formula is C13H26N2O2. The second kappa shape index (κ2) is 6.64. The molecule has 100 valence electrons. The van der Waals surface area contributed by atoms with E-state index < -0.39 is 5.60 Å². The summed E-state index contributed by atoms with van der Waals surface area (Å²) in [6, 6.07) is 0. The van der Waals surface area contributed by atoms with Gasteiger partial charge in [-0.25, -0.2) is 4.79 Å². The van der Waals surface area contributed by atoms with Gasteiger partial charge in [0.25, 0.3) is 0 Å². The van der Waals surface area contributed by atoms with Gasteiger partial charge in [0.15, 0.2) is 0 Å². The molecule has 4 nitrogen and oxygen atoms in total. The third-order valence-electron chi connectivity index (χ3n) is 2.05. The molecular weight excluding hydrogens is 216 g/mol. The van der Waals surface area contributed by atoms with Gasteiger partial charge < -0.3 is 10.5 Å². The summed E-state index contributed by atoms with van der Waals surface area (Å²) in [5.74, 6) is 0. The van der Waals surface area contributed by atoms with Crippen molar-refractivity contribution in [2.45, 2.75) is 59.2 Å². The third-order valence-corrected chi connectivity index (χ3v) is 2.05. The minimum atomic E-state index is -0.494. The van der Waals surface area contributed by atoms with Crippen LogP contribution in [0, 0.1) is 0 Å². The lowest BCUT2D eigenvalue weighted by molar-refractivity contribution is 0.0166. The van der Waals surface area contributed by atoms with Crippen LogP contribution < -0.4 is 5.73 Å². The maximum Gasteiger partial charge on any atom is 0.411 e. The van der Waals surface area contributed by atoms with E-state index in [-0.39, 0.29) is 12.3 Å². The van der Waals surface area contributed by atoms with Gasteiger partial charge in [-0.3, -0.25) is 4.90 Å². The Labute approximate surface area is 105 Å². The van der Waals surface area contributed by atoms with Gasteiger partial charge in [0, 0.05) is 13.0 Å². The summed E-state index contributed by atoms with van der Waals surface area (Å²) in [5.41, 5.74) is 6.46. The third kappa shape index (κ3) is 7.00. The molecule has 17 heavy (non-hydrogen) atoms. The van der Waals surface area contributed by atoms with Gasteiger partial charge >= 0.3 is 6.09 Å². The maximum atomic E-state index is 12.0. The molecule has 0 aromatic rings. The van der Waals surface area contributed by atoms with Crippen molar-refractivity contribution in [3.8, 4) is 0 Å². The highest BCUT2D eigenvalue weighted by atomic mass is 16.6. The monoisotopic (exact) mass is 242 g/mol. The zero-order valence-corrected chi connectivity index (χ0v) is 11.7. The van der Waals surface area contributed by atoms with Crippen molar-refractivity contribution < 1.29 is 9.53 Å². The second-order valence-electron chi connectivity index (χ2n) is 5.40. The average molecular weight is 242 g/mol. The summed E-state index contributed by atoms with van der Waals surface area (Å²) in [5, 5.41) is 0. The number of carbonyl (C=O) groups excluding carboxylic acids is 1. The summed E-state index contributed by atoms with van der Waals surface area (Å²) in [6.07, 6.45) is 0.734. The molecule has 0 fully saturated rings. The van der Waals surface area contributed by atoms with Crippen molar-refractivity contribution in [1.29, 1.82) is 0 Å². The van der Waals surface area contributed by atoms with E-state index in [1.165, 1.54) is 0 Å². The Morgan fingerprint density at radius 3 is 2.35 bits per heavy atom. The molecule has 0 aliphatic rings. The van der Waals surface area contributed by atoms with Crippen LogP contribution in [0.1, 0.15) is 47.5 Å². The molecule has 0 heterocycles. The molecule has 0 aliphatic heterocycles. The first-order valence-electron chi connectivity index (χ1n) is 6.07. The number of amides is 1. The summed E-state index contributed by atoms with van der Waals surface area (Å²) in [4.78, 5) is 13.5. The summed E-state index contributed by atoms with van der Waals surface area (Å²) < 4.78 is 5.33. The SMILES string of the molecule is C=C(C)CC(N)N(CCC)C(=O)OC(C)(C)C. The Hall–Kier alpha value is -1.03. The number of rotatable bonds is 5. The lowest BCUT2D eigenvalue weighted by atomic mass is 10.2. The van der Waals surface area contributed by atoms with E-state index in [0.717, 1.165) is 12.0 Å². The summed E-state index contributed by atoms with van der Waals surface area (Å²) in [7, 11) is 0. The van der Waals surface area contributed by atoms with Gasteiger partial charge in [-0.1, -0.05) is 12.5 Å². The molecule has 0 aromatic heterocycles. The number of nitrogens with two attached hydrogens (primary N) is 1. The molecule has 0 aliphatic carbocycles. The van der Waals surface area contributed by atoms with E-state index in [1.54, 1.807) is 4.90 Å². The van der Waals surface area contributed by atoms with Gasteiger partial charge in [0.2, 0.25) is 0 Å². The zero-order chi connectivity index (χ0) is 13.6. The van der Waals surface area contributed by atoms with Crippen LogP contribution in [0.15, 0.2) is 12.2 Å². The molecule has 0 rings (SSSR count). The van der Waals surface area contributed by atoms with E-state index in [0.29, 0.717) is 13.0 Å². The first kappa shape index (κ1) is 16.0. The Morgan fingerprint density at radius 2 is 2.00 bits per heavy atom. The smallest absolute Gasteiger partial charge is 0.411 e. The highest BCUT2D eigenvalue weighted by Gasteiger charge is 2.25. The lowest BCUT2D eigenvalue weighted by Crippen LogP contribution is -2.48. The molecule has 1 amide bonds. The van der Waals surface area contributed by atoms with E-state index in [2.05, 4.69) is 6.58 Å². The fraction of sp³-hybridized carbons (Fsp3) is 0.769. The fourth-order valence-electron chi connectivity index (χ4n) is 1.42. The molecule has 1 atom stereocenters. The summed E-state index contributed by atoms with van der Waals surface area (Å²) >= 11 is 0. The Kier molecular flexibility index (Phi) is 6.24. The first-order valence-corrected chi connectivity index (χ1v) is 6.07. The van der Waals surface area contributed by atoms with Crippen LogP contribution in [0.2, 0.25) is 0 Å². The molecule has 1 unspecified atom stereocenters. The van der Waals surface area contributed by atoms with E-state index in [1.807, 2.05) is 34.6 Å². The zero-order valence-electron chi connectivity index (χ0n) is 11.7. The quantitative estimate of drug-likeness (QED) is 0.595. The molecule has 2 N–H and O–H groups in total. The molecule has 0 bridgehead atoms. The van der Waals surface area contributed by atoms with E-state index >= 15 is 0 Å². The standard InChI is InChI=1S/C13H26N2O2/c1-7-8-15(11(14)9-10(2)3)12(16)17-13(4,5)6/h11H,2,7-9,14H2,1,3-6H3. The normalized spacial score (nSPS) is 13.1. The number of ether oxygens (including phenoxy) is 1. The largest absolute Gasteiger partial charge is 0.444 e. The minimum absolute atomic E-state index is 0.354. The van der Waals surface area contributed by atoms with E-state index in [4.69, 9.17) is 10.5 Å². The van der Waals surface area contributed by atoms with Gasteiger partial charge in [-0.2, -0.15) is 0 Å². The topological polar surface area (TPSA) is 55.6 Å². The van der Waals surface area contributed by atoms with Gasteiger partial charge in [0.1, 0.15) is 5.60 Å². The molecule has 0 radical (unpaired) electrons. The average Bonchev–Trinajstić information content (AvgIpc) is 2.09. The lowest BCUT2D eigenvalue weighted by Gasteiger charge is -2.31. The van der Waals surface area contributed by atoms with Crippen molar-refractivity contribution in [3.05, 3.63) is 12.2 Å². The molecule has 0 aromatic carbocycles. The molecule has 0 saturated carbocycles. The molecule has 0 saturated heterocycles. The van der Waals surface area contributed by atoms with Crippen molar-refractivity contribution in [1.82, 2.24) is 4.90 Å². The van der Waals surface area contributed by atoms with Crippen molar-refractivity contribution in [2.24, 2.45) is 5.73 Å². The summed E-state index contributed by atoms with van der Waals surface area (Å²) in [6.45, 7) is 13.9. The van der Waals surface area contributed by atoms with Crippen LogP contribution in [0.25, 0.3) is 0 Å². The van der Waals surface area contributed by atoms with Crippen LogP contribution in [0.4, 0.5) is 4.79 Å². The number of hydrogen-bond donors (Lipinski definition) is 1. The predicted octanol–water partition coefficient (Wildman–Crippen LogP) is 2.88. The van der Waals surface area contributed by atoms with Gasteiger partial charge in [-0.05, 0) is 34.1 Å². The second-order valence-corrected chi connectivity index (χ2v) is 5.40. The molecule has 4 heteroatoms. The first-order chi connectivity index (χ1) is 7.67. The Bertz CT molecular complexity index is 269. The fourth-order valence-corrected chi connectivity index (χ4v) is 1.42. The van der Waals surface area contributed by atoms with Crippen molar-refractivity contribution in [3.63, 3.8) is 0 Å². The highest BCUT2D eigenvalue weighted by molar-refractivity contribution is 5.68. The van der Waals surface area contributed by atoms with Crippen molar-refractivity contribution in [2.75, 3.05) is 6.54 Å².